The van der Waals surface area contributed by atoms with Crippen LogP contribution in [0.1, 0.15) is 19.8 Å². The molecule has 0 aromatic carbocycles. The summed E-state index contributed by atoms with van der Waals surface area (Å²) in [5.74, 6) is 0.364. The van der Waals surface area contributed by atoms with Gasteiger partial charge in [-0.05, 0) is 53.5 Å². The lowest BCUT2D eigenvalue weighted by Crippen LogP contribution is -2.40. The molecule has 1 aliphatic heterocycles. The van der Waals surface area contributed by atoms with E-state index in [0.29, 0.717) is 34.7 Å². The van der Waals surface area contributed by atoms with Gasteiger partial charge in [-0.15, -0.1) is 5.10 Å². The average molecular weight is 411 g/mol. The summed E-state index contributed by atoms with van der Waals surface area (Å²) in [6.45, 7) is 3.37. The van der Waals surface area contributed by atoms with Gasteiger partial charge in [0, 0.05) is 20.1 Å². The van der Waals surface area contributed by atoms with E-state index < -0.39 is 9.99 Å². The highest BCUT2D eigenvalue weighted by Gasteiger charge is 2.24. The maximum atomic E-state index is 12.8. The van der Waals surface area contributed by atoms with Crippen LogP contribution in [0.2, 0.25) is 0 Å². The van der Waals surface area contributed by atoms with E-state index >= 15 is 0 Å². The minimum atomic E-state index is -3.25. The number of thioether (sulfide) groups is 1. The Hall–Kier alpha value is -1.82. The van der Waals surface area contributed by atoms with Crippen LogP contribution >= 0.6 is 11.8 Å². The van der Waals surface area contributed by atoms with E-state index in [1.54, 1.807) is 35.7 Å². The molecule has 3 rings (SSSR count). The molecular weight excluding hydrogens is 388 g/mol. The Morgan fingerprint density at radius 1 is 1.33 bits per heavy atom. The van der Waals surface area contributed by atoms with E-state index in [1.807, 2.05) is 0 Å². The number of nitrogens with zero attached hydrogens (tertiary/aromatic N) is 6. The number of carbonyl (C=O) groups excluding carboxylic acids is 1. The zero-order valence-corrected chi connectivity index (χ0v) is 16.8. The Balaban J connectivity index is 1.64. The molecule has 146 valence electrons. The molecule has 2 heterocycles. The smallest absolute Gasteiger partial charge is 0.256 e. The van der Waals surface area contributed by atoms with E-state index in [9.17, 15) is 13.6 Å². The monoisotopic (exact) mass is 410 g/mol. The second kappa shape index (κ2) is 8.46. The number of piperidine rings is 1. The van der Waals surface area contributed by atoms with Crippen LogP contribution in [0.4, 0.5) is 0 Å². The molecule has 1 aromatic rings. The fourth-order valence-corrected chi connectivity index (χ4v) is 4.85. The van der Waals surface area contributed by atoms with E-state index in [1.165, 1.54) is 16.4 Å². The first-order chi connectivity index (χ1) is 12.9. The first kappa shape index (κ1) is 19.9. The Bertz CT molecular complexity index is 900. The summed E-state index contributed by atoms with van der Waals surface area (Å²) in [6.07, 6.45) is 8.13. The molecule has 0 saturated carbocycles. The SMILES string of the molecule is CC1CCN(S(=O)(O)=C2C=CC(=NC(=O)CSc3nnnn3C)C=C2)CC1. The van der Waals surface area contributed by atoms with Gasteiger partial charge < -0.3 is 4.55 Å². The van der Waals surface area contributed by atoms with Crippen molar-refractivity contribution in [3.05, 3.63) is 24.3 Å². The quantitative estimate of drug-likeness (QED) is 0.581. The zero-order chi connectivity index (χ0) is 19.4. The molecule has 27 heavy (non-hydrogen) atoms. The Morgan fingerprint density at radius 2 is 2.00 bits per heavy atom. The van der Waals surface area contributed by atoms with Crippen LogP contribution in [0, 0.1) is 5.92 Å². The van der Waals surface area contributed by atoms with Gasteiger partial charge in [0.15, 0.2) is 9.99 Å². The van der Waals surface area contributed by atoms with E-state index in [2.05, 4.69) is 27.4 Å². The van der Waals surface area contributed by atoms with Crippen LogP contribution in [-0.4, -0.2) is 68.6 Å². The standard InChI is InChI=1S/C16H22N6O3S2/c1-12-7-9-22(10-8-12)27(24,25)14-5-3-13(4-6-14)17-15(23)11-26-16-18-19-20-21(16)2/h3-6,12H,7-11H2,1-2H3,(H,24,25). The molecule has 1 fully saturated rings. The number of tetrazole rings is 1. The summed E-state index contributed by atoms with van der Waals surface area (Å²) in [5, 5.41) is 11.5. The third-order valence-corrected chi connectivity index (χ3v) is 7.34. The maximum Gasteiger partial charge on any atom is 0.256 e. The highest BCUT2D eigenvalue weighted by Crippen LogP contribution is 2.20. The molecular formula is C16H22N6O3S2. The number of aryl methyl sites for hydroxylation is 1. The molecule has 1 aromatic heterocycles. The Morgan fingerprint density at radius 3 is 2.59 bits per heavy atom. The number of amides is 1. The fourth-order valence-electron chi connectivity index (χ4n) is 2.73. The molecule has 0 radical (unpaired) electrons. The minimum Gasteiger partial charge on any atom is -0.302 e. The van der Waals surface area contributed by atoms with E-state index in [0.717, 1.165) is 12.8 Å². The van der Waals surface area contributed by atoms with Crippen LogP contribution in [-0.2, 0) is 21.8 Å². The fraction of sp³-hybridized carbons (Fsp3) is 0.500. The van der Waals surface area contributed by atoms with Crippen LogP contribution < -0.4 is 0 Å². The van der Waals surface area contributed by atoms with E-state index in [4.69, 9.17) is 0 Å². The normalized spacial score (nSPS) is 20.7. The third-order valence-electron chi connectivity index (χ3n) is 4.40. The summed E-state index contributed by atoms with van der Waals surface area (Å²) in [5.41, 5.74) is 0.447. The van der Waals surface area contributed by atoms with Gasteiger partial charge in [-0.1, -0.05) is 18.7 Å². The number of hydrogen-bond acceptors (Lipinski definition) is 6. The molecule has 1 unspecified atom stereocenters. The Labute approximate surface area is 162 Å². The van der Waals surface area contributed by atoms with Crippen molar-refractivity contribution in [3.8, 4) is 0 Å². The van der Waals surface area contributed by atoms with Crippen LogP contribution in [0.25, 0.3) is 0 Å². The molecule has 1 atom stereocenters. The lowest BCUT2D eigenvalue weighted by molar-refractivity contribution is -0.115. The second-order valence-electron chi connectivity index (χ2n) is 6.48. The molecule has 9 nitrogen and oxygen atoms in total. The summed E-state index contributed by atoms with van der Waals surface area (Å²) in [6, 6.07) is 0. The molecule has 11 heteroatoms. The van der Waals surface area contributed by atoms with Crippen LogP contribution in [0.15, 0.2) is 34.5 Å². The van der Waals surface area contributed by atoms with Crippen molar-refractivity contribution in [2.45, 2.75) is 24.9 Å². The molecule has 1 N–H and O–H groups in total. The van der Waals surface area contributed by atoms with Gasteiger partial charge >= 0.3 is 0 Å². The van der Waals surface area contributed by atoms with Crippen molar-refractivity contribution in [2.24, 2.45) is 18.0 Å². The van der Waals surface area contributed by atoms with Crippen molar-refractivity contribution in [1.29, 1.82) is 0 Å². The number of hydrogen-bond donors (Lipinski definition) is 1. The summed E-state index contributed by atoms with van der Waals surface area (Å²) >= 11 is 1.20. The van der Waals surface area contributed by atoms with Crippen molar-refractivity contribution in [2.75, 3.05) is 18.8 Å². The van der Waals surface area contributed by atoms with Crippen molar-refractivity contribution in [3.63, 3.8) is 0 Å². The lowest BCUT2D eigenvalue weighted by Gasteiger charge is -2.31. The highest BCUT2D eigenvalue weighted by molar-refractivity contribution is 7.99. The van der Waals surface area contributed by atoms with Gasteiger partial charge in [-0.3, -0.25) is 4.79 Å². The summed E-state index contributed by atoms with van der Waals surface area (Å²) in [7, 11) is -1.56. The largest absolute Gasteiger partial charge is 0.302 e. The van der Waals surface area contributed by atoms with Crippen molar-refractivity contribution >= 4 is 38.2 Å². The summed E-state index contributed by atoms with van der Waals surface area (Å²) < 4.78 is 26.4. The number of aliphatic imine (C=N–C) groups is 1. The molecule has 1 amide bonds. The lowest BCUT2D eigenvalue weighted by atomic mass is 10.0. The number of allylic oxidation sites excluding steroid dienone is 4. The van der Waals surface area contributed by atoms with E-state index in [-0.39, 0.29) is 11.7 Å². The third kappa shape index (κ3) is 4.92. The van der Waals surface area contributed by atoms with Gasteiger partial charge in [0.25, 0.3) is 5.91 Å². The number of rotatable bonds is 4. The molecule has 1 saturated heterocycles. The van der Waals surface area contributed by atoms with Gasteiger partial charge in [0.1, 0.15) is 0 Å². The minimum absolute atomic E-state index is 0.110. The van der Waals surface area contributed by atoms with Gasteiger partial charge in [0.05, 0.1) is 16.3 Å². The zero-order valence-electron chi connectivity index (χ0n) is 15.2. The molecule has 0 bridgehead atoms. The van der Waals surface area contributed by atoms with Crippen molar-refractivity contribution in [1.82, 2.24) is 24.5 Å². The van der Waals surface area contributed by atoms with Crippen molar-refractivity contribution < 1.29 is 13.6 Å². The van der Waals surface area contributed by atoms with Gasteiger partial charge in [-0.25, -0.2) is 18.2 Å². The second-order valence-corrected chi connectivity index (χ2v) is 9.40. The topological polar surface area (TPSA) is 114 Å². The molecule has 0 spiro atoms. The predicted molar refractivity (Wildman–Crippen MR) is 106 cm³/mol. The molecule has 1 aliphatic carbocycles. The average Bonchev–Trinajstić information content (AvgIpc) is 3.06. The first-order valence-corrected chi connectivity index (χ1v) is 11.0. The predicted octanol–water partition coefficient (Wildman–Crippen LogP) is 0.972. The highest BCUT2D eigenvalue weighted by atomic mass is 32.2. The van der Waals surface area contributed by atoms with Crippen LogP contribution in [0.3, 0.4) is 0 Å². The van der Waals surface area contributed by atoms with Gasteiger partial charge in [0.2, 0.25) is 5.16 Å². The maximum absolute atomic E-state index is 12.8. The van der Waals surface area contributed by atoms with Gasteiger partial charge in [-0.2, -0.15) is 0 Å². The Kier molecular flexibility index (Phi) is 6.25. The summed E-state index contributed by atoms with van der Waals surface area (Å²) in [4.78, 5) is 16.3. The molecule has 2 aliphatic rings. The van der Waals surface area contributed by atoms with Crippen LogP contribution in [0.5, 0.6) is 0 Å². The number of carbonyl (C=O) groups is 1. The number of aromatic nitrogens is 4. The first-order valence-electron chi connectivity index (χ1n) is 8.58.